The van der Waals surface area contributed by atoms with Gasteiger partial charge in [0.05, 0.1) is 5.56 Å². The van der Waals surface area contributed by atoms with E-state index in [2.05, 4.69) is 6.08 Å². The predicted octanol–water partition coefficient (Wildman–Crippen LogP) is 5.06. The predicted molar refractivity (Wildman–Crippen MR) is 124 cm³/mol. The standard InChI is InChI=1S/C9H6O3.C9H6O2.C9H8O/c10-7-5-9(11)12-8-4-2-1-3-6(7)8;10-9-6-5-7-3-1-2-4-8(7)11-9;1-2-6-9-8(4-1)5-3-7-10-9/h1-4H,5H2;1-6H;1-6H,7H2. The number of hydrogen-bond donors (Lipinski definition) is 0. The van der Waals surface area contributed by atoms with Gasteiger partial charge in [0.2, 0.25) is 0 Å². The Morgan fingerprint density at radius 1 is 0.697 bits per heavy atom. The summed E-state index contributed by atoms with van der Waals surface area (Å²) in [6.07, 6.45) is 3.96. The largest absolute Gasteiger partial charge is 0.489 e. The first-order chi connectivity index (χ1) is 16.1. The topological polar surface area (TPSA) is 82.8 Å². The molecule has 2 aliphatic rings. The van der Waals surface area contributed by atoms with Gasteiger partial charge in [0, 0.05) is 17.0 Å². The molecule has 3 aromatic carbocycles. The molecule has 6 heteroatoms. The van der Waals surface area contributed by atoms with E-state index in [0.29, 0.717) is 23.5 Å². The van der Waals surface area contributed by atoms with Crippen LogP contribution in [0.5, 0.6) is 11.5 Å². The SMILES string of the molecule is C1=Cc2ccccc2OC1.O=C1CC(=O)c2ccccc2O1.O=c1ccc2ccccc2o1. The van der Waals surface area contributed by atoms with E-state index < -0.39 is 5.97 Å². The average molecular weight is 440 g/mol. The van der Waals surface area contributed by atoms with E-state index in [0.717, 1.165) is 11.1 Å². The van der Waals surface area contributed by atoms with Gasteiger partial charge in [-0.25, -0.2) is 4.79 Å². The molecular formula is C27H20O6. The van der Waals surface area contributed by atoms with Crippen molar-refractivity contribution in [3.8, 4) is 11.5 Å². The van der Waals surface area contributed by atoms with Crippen LogP contribution >= 0.6 is 0 Å². The van der Waals surface area contributed by atoms with Crippen molar-refractivity contribution in [2.75, 3.05) is 6.61 Å². The number of carbonyl (C=O) groups excluding carboxylic acids is 2. The van der Waals surface area contributed by atoms with Crippen molar-refractivity contribution >= 4 is 28.8 Å². The van der Waals surface area contributed by atoms with Crippen LogP contribution in [0.25, 0.3) is 17.0 Å². The van der Waals surface area contributed by atoms with E-state index in [1.807, 2.05) is 48.5 Å². The van der Waals surface area contributed by atoms with E-state index in [1.165, 1.54) is 11.6 Å². The number of rotatable bonds is 0. The van der Waals surface area contributed by atoms with Gasteiger partial charge in [-0.1, -0.05) is 54.6 Å². The molecule has 0 spiro atoms. The number of ether oxygens (including phenoxy) is 2. The lowest BCUT2D eigenvalue weighted by Crippen LogP contribution is -2.20. The summed E-state index contributed by atoms with van der Waals surface area (Å²) < 4.78 is 15.1. The van der Waals surface area contributed by atoms with Gasteiger partial charge in [0.1, 0.15) is 30.1 Å². The van der Waals surface area contributed by atoms with Crippen molar-refractivity contribution in [1.82, 2.24) is 0 Å². The van der Waals surface area contributed by atoms with Crippen molar-refractivity contribution in [3.63, 3.8) is 0 Å². The molecule has 3 heterocycles. The number of ketones is 1. The fourth-order valence-electron chi connectivity index (χ4n) is 3.25. The molecule has 6 nitrogen and oxygen atoms in total. The summed E-state index contributed by atoms with van der Waals surface area (Å²) in [4.78, 5) is 32.7. The summed E-state index contributed by atoms with van der Waals surface area (Å²) in [6, 6.07) is 25.4. The Balaban J connectivity index is 0.000000118. The molecule has 33 heavy (non-hydrogen) atoms. The molecule has 4 aromatic rings. The number of fused-ring (bicyclic) bond motifs is 3. The highest BCUT2D eigenvalue weighted by molar-refractivity contribution is 6.10. The molecular weight excluding hydrogens is 420 g/mol. The Bertz CT molecular complexity index is 1380. The molecule has 0 amide bonds. The Kier molecular flexibility index (Phi) is 6.75. The minimum atomic E-state index is -0.473. The second kappa shape index (κ2) is 10.2. The maximum absolute atomic E-state index is 11.2. The Morgan fingerprint density at radius 2 is 1.42 bits per heavy atom. The number of para-hydroxylation sites is 3. The smallest absolute Gasteiger partial charge is 0.336 e. The highest BCUT2D eigenvalue weighted by Gasteiger charge is 2.23. The van der Waals surface area contributed by atoms with Crippen LogP contribution in [0.15, 0.2) is 100 Å². The van der Waals surface area contributed by atoms with Crippen LogP contribution in [0, 0.1) is 0 Å². The van der Waals surface area contributed by atoms with Gasteiger partial charge in [-0.3, -0.25) is 9.59 Å². The molecule has 0 saturated heterocycles. The number of Topliss-reactive ketones (excluding diaryl/α,β-unsaturated/α-hetero) is 1. The number of hydrogen-bond acceptors (Lipinski definition) is 6. The van der Waals surface area contributed by atoms with Gasteiger partial charge >= 0.3 is 11.6 Å². The number of esters is 1. The van der Waals surface area contributed by atoms with Crippen LogP contribution in [-0.4, -0.2) is 18.4 Å². The fourth-order valence-corrected chi connectivity index (χ4v) is 3.25. The zero-order valence-electron chi connectivity index (χ0n) is 17.6. The van der Waals surface area contributed by atoms with Crippen LogP contribution in [-0.2, 0) is 4.79 Å². The highest BCUT2D eigenvalue weighted by atomic mass is 16.5. The molecule has 0 unspecified atom stereocenters. The van der Waals surface area contributed by atoms with Crippen LogP contribution in [0.4, 0.5) is 0 Å². The monoisotopic (exact) mass is 440 g/mol. The second-order valence-corrected chi connectivity index (χ2v) is 7.11. The van der Waals surface area contributed by atoms with Crippen molar-refractivity contribution in [1.29, 1.82) is 0 Å². The normalized spacial score (nSPS) is 13.2. The van der Waals surface area contributed by atoms with Crippen molar-refractivity contribution in [3.05, 3.63) is 113 Å². The van der Waals surface area contributed by atoms with E-state index in [4.69, 9.17) is 13.9 Å². The zero-order chi connectivity index (χ0) is 23.0. The Morgan fingerprint density at radius 3 is 2.27 bits per heavy atom. The third-order valence-corrected chi connectivity index (χ3v) is 4.80. The number of benzene rings is 3. The molecule has 0 radical (unpaired) electrons. The van der Waals surface area contributed by atoms with E-state index in [9.17, 15) is 14.4 Å². The number of carbonyl (C=O) groups is 2. The Hall–Kier alpha value is -4.45. The molecule has 164 valence electrons. The van der Waals surface area contributed by atoms with Crippen molar-refractivity contribution < 1.29 is 23.5 Å². The van der Waals surface area contributed by atoms with Gasteiger partial charge in [-0.15, -0.1) is 0 Å². The molecule has 0 saturated carbocycles. The summed E-state index contributed by atoms with van der Waals surface area (Å²) in [5.41, 5.74) is 2.01. The van der Waals surface area contributed by atoms with Gasteiger partial charge in [-0.05, 0) is 36.4 Å². The summed E-state index contributed by atoms with van der Waals surface area (Å²) in [5.74, 6) is 0.726. The van der Waals surface area contributed by atoms with Gasteiger partial charge in [0.25, 0.3) is 0 Å². The molecule has 1 aromatic heterocycles. The summed E-state index contributed by atoms with van der Waals surface area (Å²) in [5, 5.41) is 0.951. The van der Waals surface area contributed by atoms with E-state index in [-0.39, 0.29) is 17.8 Å². The van der Waals surface area contributed by atoms with Crippen molar-refractivity contribution in [2.45, 2.75) is 6.42 Å². The minimum absolute atomic E-state index is 0.142. The van der Waals surface area contributed by atoms with Crippen LogP contribution < -0.4 is 15.1 Å². The molecule has 0 aliphatic carbocycles. The van der Waals surface area contributed by atoms with Crippen molar-refractivity contribution in [2.24, 2.45) is 0 Å². The zero-order valence-corrected chi connectivity index (χ0v) is 17.6. The van der Waals surface area contributed by atoms with Gasteiger partial charge in [-0.2, -0.15) is 0 Å². The lowest BCUT2D eigenvalue weighted by atomic mass is 10.1. The fraction of sp³-hybridized carbons (Fsp3) is 0.0741. The van der Waals surface area contributed by atoms with E-state index in [1.54, 1.807) is 36.4 Å². The highest BCUT2D eigenvalue weighted by Crippen LogP contribution is 2.24. The molecule has 0 atom stereocenters. The lowest BCUT2D eigenvalue weighted by molar-refractivity contribution is -0.133. The quantitative estimate of drug-likeness (QED) is 0.164. The van der Waals surface area contributed by atoms with Gasteiger partial charge in [0.15, 0.2) is 5.78 Å². The first-order valence-electron chi connectivity index (χ1n) is 10.3. The molecule has 6 rings (SSSR count). The average Bonchev–Trinajstić information content (AvgIpc) is 2.85. The second-order valence-electron chi connectivity index (χ2n) is 7.11. The Labute approximate surface area is 189 Å². The maximum atomic E-state index is 11.2. The molecule has 0 bridgehead atoms. The van der Waals surface area contributed by atoms with E-state index >= 15 is 0 Å². The molecule has 0 fully saturated rings. The first kappa shape index (κ1) is 21.8. The van der Waals surface area contributed by atoms with Gasteiger partial charge < -0.3 is 13.9 Å². The summed E-state index contributed by atoms with van der Waals surface area (Å²) >= 11 is 0. The first-order valence-corrected chi connectivity index (χ1v) is 10.3. The maximum Gasteiger partial charge on any atom is 0.336 e. The third kappa shape index (κ3) is 5.62. The molecule has 0 N–H and O–H groups in total. The van der Waals surface area contributed by atoms with Crippen LogP contribution in [0.2, 0.25) is 0 Å². The third-order valence-electron chi connectivity index (χ3n) is 4.80. The summed E-state index contributed by atoms with van der Waals surface area (Å²) in [7, 11) is 0. The molecule has 2 aliphatic heterocycles. The summed E-state index contributed by atoms with van der Waals surface area (Å²) in [6.45, 7) is 0.705. The van der Waals surface area contributed by atoms with Crippen LogP contribution in [0.3, 0.4) is 0 Å². The minimum Gasteiger partial charge on any atom is -0.489 e. The van der Waals surface area contributed by atoms with Crippen LogP contribution in [0.1, 0.15) is 22.3 Å². The lowest BCUT2D eigenvalue weighted by Gasteiger charge is -2.13.